The second-order valence-electron chi connectivity index (χ2n) is 3.72. The Morgan fingerprint density at radius 2 is 1.93 bits per heavy atom. The Morgan fingerprint density at radius 1 is 1.27 bits per heavy atom. The molecule has 1 N–H and O–H groups in total. The molecule has 0 saturated carbocycles. The molecular formula is C12H11ClFN. The molecule has 15 heavy (non-hydrogen) atoms. The predicted octanol–water partition coefficient (Wildman–Crippen LogP) is 3.28. The van der Waals surface area contributed by atoms with E-state index in [9.17, 15) is 4.39 Å². The van der Waals surface area contributed by atoms with E-state index in [1.54, 1.807) is 24.4 Å². The zero-order chi connectivity index (χ0) is 10.9. The Labute approximate surface area is 93.3 Å². The van der Waals surface area contributed by atoms with E-state index in [0.717, 1.165) is 5.56 Å². The Balaban J connectivity index is 2.38. The average Bonchev–Trinajstić information content (AvgIpc) is 2.18. The van der Waals surface area contributed by atoms with Gasteiger partial charge in [-0.15, -0.1) is 0 Å². The summed E-state index contributed by atoms with van der Waals surface area (Å²) in [5, 5.41) is 3.88. The first-order valence-corrected chi connectivity index (χ1v) is 5.07. The fourth-order valence-electron chi connectivity index (χ4n) is 1.62. The summed E-state index contributed by atoms with van der Waals surface area (Å²) in [6.07, 6.45) is 5.49. The van der Waals surface area contributed by atoms with Gasteiger partial charge in [0.1, 0.15) is 5.82 Å². The van der Waals surface area contributed by atoms with Crippen molar-refractivity contribution < 1.29 is 4.39 Å². The van der Waals surface area contributed by atoms with Crippen LogP contribution >= 0.6 is 11.6 Å². The maximum Gasteiger partial charge on any atom is 0.123 e. The molecule has 0 spiro atoms. The van der Waals surface area contributed by atoms with E-state index in [1.165, 1.54) is 12.1 Å². The highest BCUT2D eigenvalue weighted by molar-refractivity contribution is 6.31. The Hall–Kier alpha value is -1.28. The molecule has 1 aromatic rings. The summed E-state index contributed by atoms with van der Waals surface area (Å²) in [6, 6.07) is 6.40. The minimum absolute atomic E-state index is 0.233. The van der Waals surface area contributed by atoms with Gasteiger partial charge in [-0.25, -0.2) is 4.39 Å². The van der Waals surface area contributed by atoms with Crippen molar-refractivity contribution in [2.24, 2.45) is 0 Å². The van der Waals surface area contributed by atoms with Crippen molar-refractivity contribution in [2.75, 3.05) is 0 Å². The largest absolute Gasteiger partial charge is 0.378 e. The third-order valence-electron chi connectivity index (χ3n) is 2.50. The first kappa shape index (κ1) is 10.2. The Bertz CT molecular complexity index is 422. The van der Waals surface area contributed by atoms with Crippen molar-refractivity contribution in [2.45, 2.75) is 12.5 Å². The lowest BCUT2D eigenvalue weighted by Gasteiger charge is -2.30. The summed E-state index contributed by atoms with van der Waals surface area (Å²) in [5.74, 6) is -0.233. The molecule has 2 rings (SSSR count). The molecule has 1 heterocycles. The van der Waals surface area contributed by atoms with Gasteiger partial charge in [-0.2, -0.15) is 0 Å². The van der Waals surface area contributed by atoms with Crippen molar-refractivity contribution in [3.63, 3.8) is 0 Å². The van der Waals surface area contributed by atoms with E-state index in [2.05, 4.69) is 5.32 Å². The molecule has 0 radical (unpaired) electrons. The highest BCUT2D eigenvalue weighted by Gasteiger charge is 2.24. The lowest BCUT2D eigenvalue weighted by Crippen LogP contribution is -2.35. The molecule has 1 aliphatic heterocycles. The molecule has 1 aromatic carbocycles. The second-order valence-corrected chi connectivity index (χ2v) is 4.15. The minimum Gasteiger partial charge on any atom is -0.378 e. The van der Waals surface area contributed by atoms with E-state index in [1.807, 2.05) is 13.0 Å². The molecule has 0 bridgehead atoms. The zero-order valence-electron chi connectivity index (χ0n) is 8.30. The van der Waals surface area contributed by atoms with Crippen LogP contribution in [-0.4, -0.2) is 0 Å². The summed E-state index contributed by atoms with van der Waals surface area (Å²) in [7, 11) is 0. The highest BCUT2D eigenvalue weighted by Crippen LogP contribution is 2.27. The Morgan fingerprint density at radius 3 is 2.53 bits per heavy atom. The number of benzene rings is 1. The van der Waals surface area contributed by atoms with E-state index in [4.69, 9.17) is 11.6 Å². The van der Waals surface area contributed by atoms with Gasteiger partial charge in [0.15, 0.2) is 0 Å². The third-order valence-corrected chi connectivity index (χ3v) is 2.73. The fraction of sp³-hybridized carbons (Fsp3) is 0.167. The summed E-state index contributed by atoms with van der Waals surface area (Å²) in [4.78, 5) is 0. The van der Waals surface area contributed by atoms with Crippen LogP contribution in [0.5, 0.6) is 0 Å². The third kappa shape index (κ3) is 2.05. The van der Waals surface area contributed by atoms with Crippen LogP contribution in [0.2, 0.25) is 0 Å². The first-order chi connectivity index (χ1) is 7.10. The van der Waals surface area contributed by atoms with Gasteiger partial charge in [0.25, 0.3) is 0 Å². The van der Waals surface area contributed by atoms with Crippen LogP contribution in [0, 0.1) is 5.82 Å². The van der Waals surface area contributed by atoms with Gasteiger partial charge >= 0.3 is 0 Å². The number of hydrogen-bond acceptors (Lipinski definition) is 1. The normalized spacial score (nSPS) is 24.6. The van der Waals surface area contributed by atoms with Crippen LogP contribution in [0.25, 0.3) is 0 Å². The molecule has 1 nitrogen and oxygen atoms in total. The Kier molecular flexibility index (Phi) is 2.53. The predicted molar refractivity (Wildman–Crippen MR) is 60.0 cm³/mol. The van der Waals surface area contributed by atoms with Crippen molar-refractivity contribution >= 4 is 11.6 Å². The van der Waals surface area contributed by atoms with E-state index < -0.39 is 0 Å². The molecule has 0 fully saturated rings. The molecule has 3 heteroatoms. The van der Waals surface area contributed by atoms with Crippen molar-refractivity contribution in [3.8, 4) is 0 Å². The van der Waals surface area contributed by atoms with Gasteiger partial charge < -0.3 is 5.32 Å². The van der Waals surface area contributed by atoms with Crippen LogP contribution in [0.4, 0.5) is 4.39 Å². The summed E-state index contributed by atoms with van der Waals surface area (Å²) in [6.45, 7) is 1.99. The lowest BCUT2D eigenvalue weighted by atomic mass is 9.90. The van der Waals surface area contributed by atoms with Gasteiger partial charge in [0.2, 0.25) is 0 Å². The van der Waals surface area contributed by atoms with Gasteiger partial charge in [0.05, 0.1) is 5.54 Å². The van der Waals surface area contributed by atoms with Crippen LogP contribution in [0.15, 0.2) is 47.6 Å². The monoisotopic (exact) mass is 223 g/mol. The number of hydrogen-bond donors (Lipinski definition) is 1. The van der Waals surface area contributed by atoms with Gasteiger partial charge in [-0.1, -0.05) is 23.7 Å². The zero-order valence-corrected chi connectivity index (χ0v) is 9.05. The molecule has 0 aliphatic carbocycles. The molecule has 78 valence electrons. The number of allylic oxidation sites excluding steroid dienone is 2. The standard InChI is InChI=1S/C12H11ClFN/c1-12(8-10(13)6-7-15-12)9-2-4-11(14)5-3-9/h2-8,15H,1H3. The van der Waals surface area contributed by atoms with Crippen molar-refractivity contribution in [1.29, 1.82) is 0 Å². The number of halogens is 2. The van der Waals surface area contributed by atoms with Crippen LogP contribution in [0.3, 0.4) is 0 Å². The van der Waals surface area contributed by atoms with Crippen LogP contribution in [-0.2, 0) is 5.54 Å². The van der Waals surface area contributed by atoms with Crippen molar-refractivity contribution in [1.82, 2.24) is 5.32 Å². The maximum atomic E-state index is 12.8. The molecule has 1 unspecified atom stereocenters. The lowest BCUT2D eigenvalue weighted by molar-refractivity contribution is 0.520. The second kappa shape index (κ2) is 3.70. The van der Waals surface area contributed by atoms with E-state index in [-0.39, 0.29) is 11.4 Å². The van der Waals surface area contributed by atoms with Crippen molar-refractivity contribution in [3.05, 3.63) is 59.0 Å². The quantitative estimate of drug-likeness (QED) is 0.771. The average molecular weight is 224 g/mol. The number of dihydropyridines is 1. The molecule has 0 saturated heterocycles. The van der Waals surface area contributed by atoms with E-state index >= 15 is 0 Å². The first-order valence-electron chi connectivity index (χ1n) is 4.69. The molecule has 0 amide bonds. The topological polar surface area (TPSA) is 12.0 Å². The molecule has 1 atom stereocenters. The van der Waals surface area contributed by atoms with Gasteiger partial charge in [0, 0.05) is 5.03 Å². The molecule has 1 aliphatic rings. The van der Waals surface area contributed by atoms with Gasteiger partial charge in [-0.3, -0.25) is 0 Å². The molecule has 0 aromatic heterocycles. The summed E-state index contributed by atoms with van der Waals surface area (Å²) in [5.41, 5.74) is 0.617. The molecular weight excluding hydrogens is 213 g/mol. The van der Waals surface area contributed by atoms with Crippen LogP contribution in [0.1, 0.15) is 12.5 Å². The fourth-order valence-corrected chi connectivity index (χ4v) is 1.90. The summed E-state index contributed by atoms with van der Waals surface area (Å²) < 4.78 is 12.8. The summed E-state index contributed by atoms with van der Waals surface area (Å²) >= 11 is 5.94. The number of rotatable bonds is 1. The minimum atomic E-state index is -0.362. The van der Waals surface area contributed by atoms with E-state index in [0.29, 0.717) is 5.03 Å². The maximum absolute atomic E-state index is 12.8. The highest BCUT2D eigenvalue weighted by atomic mass is 35.5. The smallest absolute Gasteiger partial charge is 0.123 e. The van der Waals surface area contributed by atoms with Gasteiger partial charge in [-0.05, 0) is 43.0 Å². The SMILES string of the molecule is CC1(c2ccc(F)cc2)C=C(Cl)C=CN1. The van der Waals surface area contributed by atoms with Crippen LogP contribution < -0.4 is 5.32 Å². The number of nitrogens with one attached hydrogen (secondary N) is 1.